The van der Waals surface area contributed by atoms with Gasteiger partial charge in [0.2, 0.25) is 0 Å². The highest BCUT2D eigenvalue weighted by Crippen LogP contribution is 2.22. The molecular weight excluding hydrogens is 196 g/mol. The van der Waals surface area contributed by atoms with Crippen molar-refractivity contribution in [2.24, 2.45) is 11.8 Å². The van der Waals surface area contributed by atoms with Gasteiger partial charge in [-0.15, -0.1) is 0 Å². The minimum Gasteiger partial charge on any atom is -0.516 e. The Morgan fingerprint density at radius 1 is 1.12 bits per heavy atom. The number of hydrogen-bond acceptors (Lipinski definition) is 1. The maximum atomic E-state index is 8.86. The largest absolute Gasteiger partial charge is 0.516 e. The van der Waals surface area contributed by atoms with Crippen molar-refractivity contribution in [3.8, 4) is 0 Å². The second-order valence-corrected chi connectivity index (χ2v) is 5.47. The molecule has 0 aliphatic rings. The highest BCUT2D eigenvalue weighted by Gasteiger charge is 2.09. The normalized spacial score (nSPS) is 16.1. The molecule has 0 amide bonds. The van der Waals surface area contributed by atoms with Crippen LogP contribution in [-0.2, 0) is 0 Å². The van der Waals surface area contributed by atoms with E-state index in [1.54, 1.807) is 0 Å². The third kappa shape index (κ3) is 8.82. The van der Waals surface area contributed by atoms with Crippen molar-refractivity contribution in [1.29, 1.82) is 0 Å². The van der Waals surface area contributed by atoms with E-state index in [4.69, 9.17) is 5.11 Å². The molecule has 0 aromatic rings. The van der Waals surface area contributed by atoms with E-state index in [9.17, 15) is 0 Å². The van der Waals surface area contributed by atoms with E-state index in [2.05, 4.69) is 20.8 Å². The second-order valence-electron chi connectivity index (χ2n) is 5.47. The first-order chi connectivity index (χ1) is 7.60. The monoisotopic (exact) mass is 226 g/mol. The van der Waals surface area contributed by atoms with Crippen LogP contribution < -0.4 is 0 Å². The lowest BCUT2D eigenvalue weighted by Crippen LogP contribution is -2.04. The second kappa shape index (κ2) is 9.74. The van der Waals surface area contributed by atoms with Crippen LogP contribution in [0, 0.1) is 11.8 Å². The van der Waals surface area contributed by atoms with Gasteiger partial charge in [-0.2, -0.15) is 0 Å². The van der Waals surface area contributed by atoms with Crippen molar-refractivity contribution < 1.29 is 5.11 Å². The van der Waals surface area contributed by atoms with Gasteiger partial charge in [-0.3, -0.25) is 0 Å². The molecule has 2 atom stereocenters. The molecular formula is C15H30O. The lowest BCUT2D eigenvalue weighted by molar-refractivity contribution is 0.375. The van der Waals surface area contributed by atoms with E-state index in [0.29, 0.717) is 5.92 Å². The highest BCUT2D eigenvalue weighted by molar-refractivity contribution is 4.93. The van der Waals surface area contributed by atoms with Gasteiger partial charge in [0.1, 0.15) is 0 Å². The third-order valence-corrected chi connectivity index (χ3v) is 3.25. The van der Waals surface area contributed by atoms with Crippen molar-refractivity contribution >= 4 is 0 Å². The number of aliphatic hydroxyl groups is 1. The summed E-state index contributed by atoms with van der Waals surface area (Å²) in [5.74, 6) is 1.53. The predicted octanol–water partition coefficient (Wildman–Crippen LogP) is 5.47. The number of rotatable bonds is 9. The van der Waals surface area contributed by atoms with Crippen molar-refractivity contribution in [2.45, 2.75) is 72.6 Å². The molecule has 2 unspecified atom stereocenters. The van der Waals surface area contributed by atoms with Gasteiger partial charge in [-0.1, -0.05) is 52.9 Å². The van der Waals surface area contributed by atoms with Gasteiger partial charge in [-0.25, -0.2) is 0 Å². The van der Waals surface area contributed by atoms with Crippen LogP contribution >= 0.6 is 0 Å². The van der Waals surface area contributed by atoms with Crippen LogP contribution in [0.15, 0.2) is 11.8 Å². The lowest BCUT2D eigenvalue weighted by atomic mass is 9.89. The maximum Gasteiger partial charge on any atom is 0.0780 e. The van der Waals surface area contributed by atoms with Crippen LogP contribution in [-0.4, -0.2) is 5.11 Å². The van der Waals surface area contributed by atoms with Crippen molar-refractivity contribution in [2.75, 3.05) is 0 Å². The third-order valence-electron chi connectivity index (χ3n) is 3.25. The zero-order chi connectivity index (χ0) is 12.4. The Balaban J connectivity index is 3.57. The van der Waals surface area contributed by atoms with Gasteiger partial charge >= 0.3 is 0 Å². The molecule has 16 heavy (non-hydrogen) atoms. The summed E-state index contributed by atoms with van der Waals surface area (Å²) >= 11 is 0. The molecule has 0 radical (unpaired) electrons. The molecule has 0 rings (SSSR count). The molecule has 0 aliphatic carbocycles. The van der Waals surface area contributed by atoms with Gasteiger partial charge in [-0.05, 0) is 37.2 Å². The molecule has 1 nitrogen and oxygen atoms in total. The Bertz CT molecular complexity index is 184. The van der Waals surface area contributed by atoms with Crippen molar-refractivity contribution in [1.82, 2.24) is 0 Å². The minimum atomic E-state index is 0.699. The van der Waals surface area contributed by atoms with E-state index in [1.165, 1.54) is 44.8 Å². The highest BCUT2D eigenvalue weighted by atomic mass is 16.2. The molecule has 0 spiro atoms. The summed E-state index contributed by atoms with van der Waals surface area (Å²) in [6.07, 6.45) is 10.4. The number of hydrogen-bond donors (Lipinski definition) is 1. The summed E-state index contributed by atoms with van der Waals surface area (Å²) in [6.45, 7) is 8.91. The van der Waals surface area contributed by atoms with E-state index < -0.39 is 0 Å². The molecule has 96 valence electrons. The van der Waals surface area contributed by atoms with Crippen LogP contribution in [0.4, 0.5) is 0 Å². The SMILES string of the molecule is CCCCCCC(C)CC(C)CC(C)=CO. The zero-order valence-electron chi connectivity index (χ0n) is 11.6. The molecule has 0 bridgehead atoms. The van der Waals surface area contributed by atoms with Gasteiger partial charge in [0, 0.05) is 0 Å². The summed E-state index contributed by atoms with van der Waals surface area (Å²) in [5, 5.41) is 8.86. The fourth-order valence-electron chi connectivity index (χ4n) is 2.41. The van der Waals surface area contributed by atoms with Gasteiger partial charge < -0.3 is 5.11 Å². The Kier molecular flexibility index (Phi) is 9.46. The summed E-state index contributed by atoms with van der Waals surface area (Å²) in [6, 6.07) is 0. The Hall–Kier alpha value is -0.460. The van der Waals surface area contributed by atoms with E-state index in [0.717, 1.165) is 17.9 Å². The summed E-state index contributed by atoms with van der Waals surface area (Å²) in [5.41, 5.74) is 1.10. The molecule has 0 heterocycles. The summed E-state index contributed by atoms with van der Waals surface area (Å²) < 4.78 is 0. The Morgan fingerprint density at radius 3 is 2.38 bits per heavy atom. The number of aliphatic hydroxyl groups excluding tert-OH is 1. The molecule has 0 aromatic carbocycles. The molecule has 0 aromatic heterocycles. The van der Waals surface area contributed by atoms with Crippen LogP contribution in [0.3, 0.4) is 0 Å². The standard InChI is InChI=1S/C15H30O/c1-5-6-7-8-9-13(2)10-14(3)11-15(4)12-16/h12-14,16H,5-11H2,1-4H3. The fraction of sp³-hybridized carbons (Fsp3) is 0.867. The summed E-state index contributed by atoms with van der Waals surface area (Å²) in [7, 11) is 0. The minimum absolute atomic E-state index is 0.699. The van der Waals surface area contributed by atoms with E-state index >= 15 is 0 Å². The van der Waals surface area contributed by atoms with Crippen LogP contribution in [0.2, 0.25) is 0 Å². The first-order valence-corrected chi connectivity index (χ1v) is 6.90. The Labute approximate surface area is 102 Å². The Morgan fingerprint density at radius 2 is 1.81 bits per heavy atom. The van der Waals surface area contributed by atoms with Crippen LogP contribution in [0.25, 0.3) is 0 Å². The lowest BCUT2D eigenvalue weighted by Gasteiger charge is -2.17. The molecule has 1 N–H and O–H groups in total. The van der Waals surface area contributed by atoms with Crippen molar-refractivity contribution in [3.05, 3.63) is 11.8 Å². The average Bonchev–Trinajstić information content (AvgIpc) is 2.24. The quantitative estimate of drug-likeness (QED) is 0.408. The molecule has 0 fully saturated rings. The van der Waals surface area contributed by atoms with E-state index in [1.807, 2.05) is 6.92 Å². The van der Waals surface area contributed by atoms with Crippen LogP contribution in [0.1, 0.15) is 72.6 Å². The zero-order valence-corrected chi connectivity index (χ0v) is 11.6. The smallest absolute Gasteiger partial charge is 0.0780 e. The topological polar surface area (TPSA) is 20.2 Å². The van der Waals surface area contributed by atoms with Gasteiger partial charge in [0.25, 0.3) is 0 Å². The maximum absolute atomic E-state index is 8.86. The first kappa shape index (κ1) is 15.5. The fourth-order valence-corrected chi connectivity index (χ4v) is 2.41. The first-order valence-electron chi connectivity index (χ1n) is 6.90. The summed E-state index contributed by atoms with van der Waals surface area (Å²) in [4.78, 5) is 0. The van der Waals surface area contributed by atoms with E-state index in [-0.39, 0.29) is 0 Å². The number of unbranched alkanes of at least 4 members (excludes halogenated alkanes) is 3. The molecule has 1 heteroatoms. The molecule has 0 aliphatic heterocycles. The van der Waals surface area contributed by atoms with Crippen molar-refractivity contribution in [3.63, 3.8) is 0 Å². The molecule has 0 saturated carbocycles. The van der Waals surface area contributed by atoms with Gasteiger partial charge in [0.05, 0.1) is 6.26 Å². The average molecular weight is 226 g/mol. The predicted molar refractivity (Wildman–Crippen MR) is 72.7 cm³/mol. The molecule has 0 saturated heterocycles. The van der Waals surface area contributed by atoms with Crippen LogP contribution in [0.5, 0.6) is 0 Å². The van der Waals surface area contributed by atoms with Gasteiger partial charge in [0.15, 0.2) is 0 Å². The number of allylic oxidation sites excluding steroid dienone is 1.